The minimum absolute atomic E-state index is 0.00361. The van der Waals surface area contributed by atoms with Gasteiger partial charge in [-0.1, -0.05) is 36.4 Å². The molecule has 4 aromatic heterocycles. The number of halogens is 4. The quantitative estimate of drug-likeness (QED) is 0.131. The molecule has 0 spiro atoms. The number of nitriles is 2. The first kappa shape index (κ1) is 34.7. The summed E-state index contributed by atoms with van der Waals surface area (Å²) in [6, 6.07) is 25.6. The standard InChI is InChI=1S/C38H22B2F4N6O2S2/c1-19-9-11-27-29(13-19)53-37(47-27)25(17-45)35-31-32(34(49(35)39(41)42)22-6-4-8-24(52)16-22)36(50(40(43)44)33(31)21-5-3-7-23(51)15-21)26(18-46)38-48-28-12-10-20(2)14-30(28)54-38/h3-16,51-52H,1-2H3/b35-25-,36-26-. The van der Waals surface area contributed by atoms with Gasteiger partial charge in [0.2, 0.25) is 0 Å². The summed E-state index contributed by atoms with van der Waals surface area (Å²) in [5.41, 5.74) is 1.44. The molecule has 16 heteroatoms. The number of benzene rings is 4. The second kappa shape index (κ2) is 13.3. The van der Waals surface area contributed by atoms with E-state index in [2.05, 4.69) is 22.1 Å². The van der Waals surface area contributed by atoms with Crippen LogP contribution in [-0.4, -0.2) is 43.9 Å². The van der Waals surface area contributed by atoms with Crippen LogP contribution >= 0.6 is 22.7 Å². The second-order valence-corrected chi connectivity index (χ2v) is 14.6. The lowest BCUT2D eigenvalue weighted by Crippen LogP contribution is -2.32. The minimum atomic E-state index is -3.37. The molecule has 0 bridgehead atoms. The van der Waals surface area contributed by atoms with Gasteiger partial charge in [-0.3, -0.25) is 17.3 Å². The number of phenols is 2. The van der Waals surface area contributed by atoms with Crippen molar-refractivity contribution < 1.29 is 27.5 Å². The Morgan fingerprint density at radius 2 is 1.04 bits per heavy atom. The average molecular weight is 756 g/mol. The number of aromatic nitrogens is 4. The number of phenolic OH excluding ortho intramolecular Hbond substituents is 2. The molecule has 0 atom stereocenters. The van der Waals surface area contributed by atoms with Gasteiger partial charge in [-0.15, -0.1) is 22.7 Å². The zero-order valence-corrected chi connectivity index (χ0v) is 29.8. The maximum atomic E-state index is 15.9. The molecule has 0 radical (unpaired) electrons. The summed E-state index contributed by atoms with van der Waals surface area (Å²) in [5.74, 6) is -0.603. The molecule has 262 valence electrons. The number of fused-ring (bicyclic) bond motifs is 3. The molecule has 0 fully saturated rings. The third-order valence-corrected chi connectivity index (χ3v) is 11.1. The number of aromatic hydroxyl groups is 2. The molecule has 0 unspecified atom stereocenters. The van der Waals surface area contributed by atoms with Crippen molar-refractivity contribution in [3.05, 3.63) is 117 Å². The Kier molecular flexibility index (Phi) is 8.52. The van der Waals surface area contributed by atoms with Crippen molar-refractivity contribution in [2.24, 2.45) is 0 Å². The van der Waals surface area contributed by atoms with Gasteiger partial charge in [-0.25, -0.2) is 9.97 Å². The number of hydrogen-bond acceptors (Lipinski definition) is 8. The number of hydrogen-bond donors (Lipinski definition) is 2. The highest BCUT2D eigenvalue weighted by Crippen LogP contribution is 2.39. The van der Waals surface area contributed by atoms with Gasteiger partial charge in [0.25, 0.3) is 0 Å². The molecule has 0 saturated carbocycles. The van der Waals surface area contributed by atoms with Crippen LogP contribution in [0.3, 0.4) is 0 Å². The van der Waals surface area contributed by atoms with Crippen LogP contribution in [0.5, 0.6) is 11.5 Å². The molecule has 0 saturated heterocycles. The van der Waals surface area contributed by atoms with Crippen molar-refractivity contribution in [3.63, 3.8) is 0 Å². The molecular formula is C38H22B2F4N6O2S2. The van der Waals surface area contributed by atoms with Gasteiger partial charge in [0, 0.05) is 21.9 Å². The van der Waals surface area contributed by atoms with Crippen LogP contribution in [0.25, 0.3) is 64.9 Å². The number of thiazole rings is 2. The van der Waals surface area contributed by atoms with E-state index in [9.17, 15) is 20.7 Å². The lowest BCUT2D eigenvalue weighted by molar-refractivity contribution is 0.475. The molecule has 2 N–H and O–H groups in total. The van der Waals surface area contributed by atoms with E-state index in [0.29, 0.717) is 29.4 Å². The van der Waals surface area contributed by atoms with E-state index in [0.717, 1.165) is 33.8 Å². The van der Waals surface area contributed by atoms with Crippen molar-refractivity contribution in [2.45, 2.75) is 13.8 Å². The predicted molar refractivity (Wildman–Crippen MR) is 205 cm³/mol. The molecule has 54 heavy (non-hydrogen) atoms. The molecular weight excluding hydrogens is 734 g/mol. The third kappa shape index (κ3) is 5.59. The Hall–Kier alpha value is -6.35. The lowest BCUT2D eigenvalue weighted by Gasteiger charge is -2.13. The summed E-state index contributed by atoms with van der Waals surface area (Å²) in [4.78, 5) is 9.23. The van der Waals surface area contributed by atoms with Crippen LogP contribution in [0, 0.1) is 36.5 Å². The maximum absolute atomic E-state index is 15.9. The summed E-state index contributed by atoms with van der Waals surface area (Å²) >= 11 is 2.16. The fourth-order valence-electron chi connectivity index (χ4n) is 6.84. The molecule has 0 aliphatic carbocycles. The van der Waals surface area contributed by atoms with Gasteiger partial charge in [0.15, 0.2) is 0 Å². The van der Waals surface area contributed by atoms with Crippen LogP contribution in [0.15, 0.2) is 84.9 Å². The Morgan fingerprint density at radius 3 is 1.39 bits per heavy atom. The van der Waals surface area contributed by atoms with E-state index < -0.39 is 25.5 Å². The maximum Gasteiger partial charge on any atom is 0.678 e. The zero-order chi connectivity index (χ0) is 38.0. The summed E-state index contributed by atoms with van der Waals surface area (Å²) in [5, 5.41) is 41.7. The summed E-state index contributed by atoms with van der Waals surface area (Å²) in [6.45, 7) is 3.74. The van der Waals surface area contributed by atoms with E-state index in [4.69, 9.17) is 0 Å². The summed E-state index contributed by atoms with van der Waals surface area (Å²) in [7, 11) is -6.74. The minimum Gasteiger partial charge on any atom is -0.508 e. The van der Waals surface area contributed by atoms with Gasteiger partial charge in [0.05, 0.1) is 42.5 Å². The largest absolute Gasteiger partial charge is 0.678 e. The SMILES string of the molecule is Cc1ccc2nc(/C(C#N)=c3/c4c(-c5cccc(O)c5)n(B(F)F)/c(=C(/C#N)c5nc6ccc(C)cc6s5)c4c(-c4cccc(O)c4)n3B(F)F)sc2c1. The van der Waals surface area contributed by atoms with Crippen molar-refractivity contribution in [1.29, 1.82) is 10.5 Å². The van der Waals surface area contributed by atoms with Crippen molar-refractivity contribution in [1.82, 2.24) is 18.9 Å². The molecule has 0 amide bonds. The van der Waals surface area contributed by atoms with Gasteiger partial charge in [-0.2, -0.15) is 10.5 Å². The zero-order valence-electron chi connectivity index (χ0n) is 28.1. The van der Waals surface area contributed by atoms with Gasteiger partial charge < -0.3 is 19.2 Å². The highest BCUT2D eigenvalue weighted by molar-refractivity contribution is 7.20. The molecule has 8 aromatic rings. The van der Waals surface area contributed by atoms with E-state index in [1.807, 2.05) is 38.1 Å². The van der Waals surface area contributed by atoms with Crippen LogP contribution in [0.1, 0.15) is 21.1 Å². The fourth-order valence-corrected chi connectivity index (χ4v) is 8.96. The lowest BCUT2D eigenvalue weighted by atomic mass is 10.0. The first-order valence-corrected chi connectivity index (χ1v) is 17.9. The van der Waals surface area contributed by atoms with Crippen molar-refractivity contribution in [3.8, 4) is 46.2 Å². The smallest absolute Gasteiger partial charge is 0.508 e. The number of nitrogens with zero attached hydrogens (tertiary/aromatic N) is 6. The monoisotopic (exact) mass is 756 g/mol. The molecule has 8 nitrogen and oxygen atoms in total. The first-order chi connectivity index (χ1) is 26.0. The Bertz CT molecular complexity index is 2860. The van der Waals surface area contributed by atoms with Crippen molar-refractivity contribution in [2.75, 3.05) is 0 Å². The van der Waals surface area contributed by atoms with Gasteiger partial charge in [-0.05, 0) is 73.5 Å². The third-order valence-electron chi connectivity index (χ3n) is 9.00. The highest BCUT2D eigenvalue weighted by atomic mass is 32.1. The highest BCUT2D eigenvalue weighted by Gasteiger charge is 2.37. The van der Waals surface area contributed by atoms with Crippen LogP contribution in [-0.2, 0) is 0 Å². The molecule has 4 aromatic carbocycles. The van der Waals surface area contributed by atoms with Crippen LogP contribution in [0.4, 0.5) is 17.3 Å². The van der Waals surface area contributed by atoms with E-state index >= 15 is 17.3 Å². The average Bonchev–Trinajstić information content (AvgIpc) is 3.90. The first-order valence-electron chi connectivity index (χ1n) is 16.3. The van der Waals surface area contributed by atoms with Gasteiger partial charge in [0.1, 0.15) is 44.8 Å². The summed E-state index contributed by atoms with van der Waals surface area (Å²) < 4.78 is 66.1. The van der Waals surface area contributed by atoms with Crippen molar-refractivity contribution >= 4 is 79.8 Å². The Morgan fingerprint density at radius 1 is 0.630 bits per heavy atom. The normalized spacial score (nSPS) is 12.6. The molecule has 4 heterocycles. The Balaban J connectivity index is 1.73. The summed E-state index contributed by atoms with van der Waals surface area (Å²) in [6.07, 6.45) is 0. The molecule has 8 rings (SSSR count). The second-order valence-electron chi connectivity index (χ2n) is 12.5. The number of rotatable bonds is 6. The van der Waals surface area contributed by atoms with E-state index in [1.165, 1.54) is 48.5 Å². The fraction of sp³-hybridized carbons (Fsp3) is 0.0526. The van der Waals surface area contributed by atoms with Gasteiger partial charge >= 0.3 is 14.8 Å². The molecule has 0 aliphatic rings. The Labute approximate surface area is 312 Å². The van der Waals surface area contributed by atoms with Crippen LogP contribution in [0.2, 0.25) is 0 Å². The van der Waals surface area contributed by atoms with Crippen LogP contribution < -0.4 is 10.7 Å². The molecule has 0 aliphatic heterocycles. The number of aryl methyl sites for hydroxylation is 2. The topological polar surface area (TPSA) is 124 Å². The predicted octanol–water partition coefficient (Wildman–Crippen LogP) is 8.01. The van der Waals surface area contributed by atoms with E-state index in [-0.39, 0.29) is 65.9 Å². The van der Waals surface area contributed by atoms with E-state index in [1.54, 1.807) is 12.1 Å².